The minimum atomic E-state index is 1.23. The molecule has 10 rings (SSSR count). The van der Waals surface area contributed by atoms with E-state index in [1.807, 2.05) is 64.4 Å². The van der Waals surface area contributed by atoms with E-state index in [1.54, 1.807) is 0 Å². The van der Waals surface area contributed by atoms with Crippen LogP contribution in [-0.2, 0) is 0 Å². The van der Waals surface area contributed by atoms with Gasteiger partial charge < -0.3 is 0 Å². The van der Waals surface area contributed by atoms with E-state index < -0.39 is 0 Å². The summed E-state index contributed by atoms with van der Waals surface area (Å²) in [5.74, 6) is 0. The molecule has 1 aliphatic carbocycles. The van der Waals surface area contributed by atoms with Crippen LogP contribution < -0.4 is 0 Å². The van der Waals surface area contributed by atoms with Crippen LogP contribution in [0.3, 0.4) is 0 Å². The molecule has 0 saturated carbocycles. The van der Waals surface area contributed by atoms with Gasteiger partial charge in [0, 0.05) is 75.8 Å². The SMILES string of the molecule is C\C=C/C=C\C=C\C=C\c1c(C)sc2ccc3c4cc(-c5cccc(-c6ccc7sc8c(ccc9sc%10c(c98)/C=C/C=C/C=C\C=C/C=C\%10)c7c6)c5)ccc4sc3c12. The topological polar surface area (TPSA) is 0 Å². The largest absolute Gasteiger partial charge is 0.140 e. The molecule has 0 unspecified atom stereocenters. The van der Waals surface area contributed by atoms with Gasteiger partial charge in [0.1, 0.15) is 0 Å². The van der Waals surface area contributed by atoms with E-state index in [0.717, 1.165) is 0 Å². The summed E-state index contributed by atoms with van der Waals surface area (Å²) in [6.07, 6.45) is 38.1. The van der Waals surface area contributed by atoms with Gasteiger partial charge >= 0.3 is 0 Å². The maximum Gasteiger partial charge on any atom is 0.0448 e. The summed E-state index contributed by atoms with van der Waals surface area (Å²) in [5, 5.41) is 8.02. The van der Waals surface area contributed by atoms with Gasteiger partial charge in [0.15, 0.2) is 0 Å². The Hall–Kier alpha value is -5.88. The van der Waals surface area contributed by atoms with E-state index in [4.69, 9.17) is 0 Å². The summed E-state index contributed by atoms with van der Waals surface area (Å²) in [7, 11) is 0. The molecule has 4 heteroatoms. The quantitative estimate of drug-likeness (QED) is 0.147. The molecule has 278 valence electrons. The zero-order chi connectivity index (χ0) is 39.0. The number of hydrogen-bond donors (Lipinski definition) is 0. The summed E-state index contributed by atoms with van der Waals surface area (Å²) in [6.45, 7) is 4.27. The van der Waals surface area contributed by atoms with Crippen molar-refractivity contribution < 1.29 is 0 Å². The average Bonchev–Trinajstić information content (AvgIpc) is 3.99. The Balaban J connectivity index is 1.02. The van der Waals surface area contributed by atoms with Crippen LogP contribution in [0.25, 0.3) is 101 Å². The molecule has 4 heterocycles. The second kappa shape index (κ2) is 15.8. The van der Waals surface area contributed by atoms with Gasteiger partial charge in [-0.05, 0) is 90.2 Å². The smallest absolute Gasteiger partial charge is 0.0448 e. The number of allylic oxidation sites excluding steroid dienone is 15. The summed E-state index contributed by atoms with van der Waals surface area (Å²) < 4.78 is 8.05. The van der Waals surface area contributed by atoms with Crippen LogP contribution in [0.2, 0.25) is 0 Å². The summed E-state index contributed by atoms with van der Waals surface area (Å²) in [4.78, 5) is 2.64. The molecular weight excluding hydrogens is 777 g/mol. The van der Waals surface area contributed by atoms with Gasteiger partial charge in [0.05, 0.1) is 0 Å². The predicted octanol–water partition coefficient (Wildman–Crippen LogP) is 17.9. The molecule has 0 radical (unpaired) electrons. The van der Waals surface area contributed by atoms with E-state index in [-0.39, 0.29) is 0 Å². The van der Waals surface area contributed by atoms with Crippen molar-refractivity contribution in [2.45, 2.75) is 13.8 Å². The third kappa shape index (κ3) is 6.72. The fraction of sp³-hybridized carbons (Fsp3) is 0.0370. The van der Waals surface area contributed by atoms with Crippen molar-refractivity contribution in [1.29, 1.82) is 0 Å². The van der Waals surface area contributed by atoms with Crippen molar-refractivity contribution >= 4 is 124 Å². The van der Waals surface area contributed by atoms with Crippen molar-refractivity contribution in [2.75, 3.05) is 0 Å². The van der Waals surface area contributed by atoms with Crippen LogP contribution in [0.1, 0.15) is 27.8 Å². The molecule has 58 heavy (non-hydrogen) atoms. The lowest BCUT2D eigenvalue weighted by Crippen LogP contribution is -1.82. The van der Waals surface area contributed by atoms with Crippen LogP contribution in [0.5, 0.6) is 0 Å². The van der Waals surface area contributed by atoms with Gasteiger partial charge in [-0.2, -0.15) is 0 Å². The van der Waals surface area contributed by atoms with Gasteiger partial charge in [-0.3, -0.25) is 0 Å². The van der Waals surface area contributed by atoms with Crippen molar-refractivity contribution in [3.05, 3.63) is 197 Å². The lowest BCUT2D eigenvalue weighted by Gasteiger charge is -2.07. The molecular formula is C54H38S4. The van der Waals surface area contributed by atoms with Crippen molar-refractivity contribution in [3.63, 3.8) is 0 Å². The average molecular weight is 815 g/mol. The lowest BCUT2D eigenvalue weighted by molar-refractivity contribution is 1.62. The molecule has 0 spiro atoms. The Labute approximate surface area is 354 Å². The Morgan fingerprint density at radius 2 is 0.966 bits per heavy atom. The predicted molar refractivity (Wildman–Crippen MR) is 266 cm³/mol. The number of fused-ring (bicyclic) bond motifs is 12. The molecule has 1 aliphatic rings. The van der Waals surface area contributed by atoms with Crippen molar-refractivity contribution in [1.82, 2.24) is 0 Å². The molecule has 0 fully saturated rings. The second-order valence-electron chi connectivity index (χ2n) is 14.3. The third-order valence-corrected chi connectivity index (χ3v) is 15.3. The van der Waals surface area contributed by atoms with Gasteiger partial charge in [-0.1, -0.05) is 146 Å². The number of hydrogen-bond acceptors (Lipinski definition) is 4. The summed E-state index contributed by atoms with van der Waals surface area (Å²) in [6, 6.07) is 32.4. The molecule has 0 aliphatic heterocycles. The molecule has 0 N–H and O–H groups in total. The highest BCUT2D eigenvalue weighted by Crippen LogP contribution is 2.47. The number of thiophene rings is 4. The molecule has 9 aromatic rings. The van der Waals surface area contributed by atoms with Crippen LogP contribution in [0, 0.1) is 6.92 Å². The lowest BCUT2D eigenvalue weighted by atomic mass is 9.97. The highest BCUT2D eigenvalue weighted by atomic mass is 32.1. The number of aryl methyl sites for hydroxylation is 1. The summed E-state index contributed by atoms with van der Waals surface area (Å²) >= 11 is 7.58. The van der Waals surface area contributed by atoms with Gasteiger partial charge in [-0.25, -0.2) is 0 Å². The van der Waals surface area contributed by atoms with Crippen LogP contribution in [0.15, 0.2) is 176 Å². The molecule has 0 nitrogen and oxygen atoms in total. The first-order valence-corrected chi connectivity index (χ1v) is 22.8. The Morgan fingerprint density at radius 3 is 1.62 bits per heavy atom. The number of benzene rings is 5. The zero-order valence-electron chi connectivity index (χ0n) is 32.1. The normalized spacial score (nSPS) is 16.5. The van der Waals surface area contributed by atoms with Crippen LogP contribution in [-0.4, -0.2) is 0 Å². The Kier molecular flexibility index (Phi) is 9.94. The maximum atomic E-state index is 2.40. The molecule has 5 aromatic carbocycles. The van der Waals surface area contributed by atoms with Crippen molar-refractivity contribution in [2.24, 2.45) is 0 Å². The first kappa shape index (κ1) is 36.5. The van der Waals surface area contributed by atoms with E-state index in [1.165, 1.54) is 104 Å². The monoisotopic (exact) mass is 814 g/mol. The van der Waals surface area contributed by atoms with E-state index in [0.29, 0.717) is 0 Å². The van der Waals surface area contributed by atoms with Crippen LogP contribution >= 0.6 is 45.3 Å². The molecule has 0 amide bonds. The van der Waals surface area contributed by atoms with Gasteiger partial charge in [0.2, 0.25) is 0 Å². The Morgan fingerprint density at radius 1 is 0.431 bits per heavy atom. The third-order valence-electron chi connectivity index (χ3n) is 10.7. The zero-order valence-corrected chi connectivity index (χ0v) is 35.4. The van der Waals surface area contributed by atoms with Gasteiger partial charge in [-0.15, -0.1) is 45.3 Å². The standard InChI is InChI=1S/C54H38S4/c1-3-4-5-6-9-12-15-21-40-35(2)55-49-30-26-41-44-33-38(24-28-47(44)57-53(41)51(40)49)36-19-18-20-37(32-36)39-25-29-48-45(34-39)42-27-31-50-52(54(42)58-48)43-22-16-13-10-7-8-11-14-17-23-46(43)56-50/h3-34H,1-2H3/b4-3-,6-5-,8-7-,10-7?,11-8?,12-9+,13-10+,14-11-,16-13?,17-14?,21-15+,22-16+,23-17-,43-22?,46-23?. The number of rotatable bonds is 6. The van der Waals surface area contributed by atoms with Gasteiger partial charge in [0.25, 0.3) is 0 Å². The minimum Gasteiger partial charge on any atom is -0.140 e. The second-order valence-corrected chi connectivity index (χ2v) is 18.8. The van der Waals surface area contributed by atoms with E-state index >= 15 is 0 Å². The fourth-order valence-corrected chi connectivity index (χ4v) is 12.7. The fourth-order valence-electron chi connectivity index (χ4n) is 7.94. The first-order chi connectivity index (χ1) is 28.6. The highest BCUT2D eigenvalue weighted by molar-refractivity contribution is 7.28. The highest BCUT2D eigenvalue weighted by Gasteiger charge is 2.17. The van der Waals surface area contributed by atoms with Crippen LogP contribution in [0.4, 0.5) is 0 Å². The molecule has 0 saturated heterocycles. The first-order valence-electron chi connectivity index (χ1n) is 19.5. The Bertz CT molecular complexity index is 3350. The minimum absolute atomic E-state index is 1.23. The molecule has 4 aromatic heterocycles. The van der Waals surface area contributed by atoms with Crippen molar-refractivity contribution in [3.8, 4) is 22.3 Å². The van der Waals surface area contributed by atoms with E-state index in [9.17, 15) is 0 Å². The summed E-state index contributed by atoms with van der Waals surface area (Å²) in [5.41, 5.74) is 7.57. The van der Waals surface area contributed by atoms with E-state index in [2.05, 4.69) is 189 Å². The maximum absolute atomic E-state index is 2.40. The molecule has 0 bridgehead atoms. The molecule has 0 atom stereocenters.